The maximum absolute atomic E-state index is 11.3. The third kappa shape index (κ3) is 11.8. The Morgan fingerprint density at radius 3 is 1.71 bits per heavy atom. The number of ether oxygens (including phenoxy) is 2. The van der Waals surface area contributed by atoms with Gasteiger partial charge >= 0.3 is 5.97 Å². The summed E-state index contributed by atoms with van der Waals surface area (Å²) in [4.78, 5) is 11.3. The van der Waals surface area contributed by atoms with Crippen LogP contribution in [0.5, 0.6) is 5.75 Å². The largest absolute Gasteiger partial charge is 0.494 e. The SMILES string of the molecule is C=C(C)C(=O)OCCCCCCCCCCCOc1ccc(N=Nc2ccc(CC)cc2)cc1. The second-order valence-electron chi connectivity index (χ2n) is 8.66. The summed E-state index contributed by atoms with van der Waals surface area (Å²) in [5.41, 5.74) is 3.45. The molecule has 0 N–H and O–H groups in total. The first-order chi connectivity index (χ1) is 16.6. The molecule has 0 heterocycles. The topological polar surface area (TPSA) is 60.2 Å². The van der Waals surface area contributed by atoms with Crippen LogP contribution in [0.3, 0.4) is 0 Å². The minimum atomic E-state index is -0.281. The summed E-state index contributed by atoms with van der Waals surface area (Å²) in [6, 6.07) is 15.9. The van der Waals surface area contributed by atoms with Crippen molar-refractivity contribution in [2.45, 2.75) is 78.1 Å². The van der Waals surface area contributed by atoms with Crippen molar-refractivity contribution in [3.05, 3.63) is 66.2 Å². The lowest BCUT2D eigenvalue weighted by Crippen LogP contribution is -2.05. The number of hydrogen-bond acceptors (Lipinski definition) is 5. The molecule has 0 spiro atoms. The van der Waals surface area contributed by atoms with Gasteiger partial charge in [0, 0.05) is 5.57 Å². The first-order valence-corrected chi connectivity index (χ1v) is 12.6. The predicted octanol–water partition coefficient (Wildman–Crippen LogP) is 8.67. The fourth-order valence-electron chi connectivity index (χ4n) is 3.44. The second-order valence-corrected chi connectivity index (χ2v) is 8.66. The van der Waals surface area contributed by atoms with Gasteiger partial charge in [-0.2, -0.15) is 10.2 Å². The molecule has 184 valence electrons. The first kappa shape index (κ1) is 27.3. The molecule has 0 atom stereocenters. The molecule has 2 aromatic carbocycles. The highest BCUT2D eigenvalue weighted by atomic mass is 16.5. The highest BCUT2D eigenvalue weighted by Gasteiger charge is 2.02. The number of esters is 1. The Morgan fingerprint density at radius 2 is 1.21 bits per heavy atom. The standard InChI is InChI=1S/C29H40N2O3/c1-4-25-14-16-26(17-15-25)30-31-27-18-20-28(21-19-27)33-22-12-10-8-6-5-7-9-11-13-23-34-29(32)24(2)3/h14-21H,2,4-13,22-23H2,1,3H3. The highest BCUT2D eigenvalue weighted by Crippen LogP contribution is 2.22. The Hall–Kier alpha value is -2.95. The number of benzene rings is 2. The van der Waals surface area contributed by atoms with Gasteiger partial charge in [0.2, 0.25) is 0 Å². The molecule has 0 aliphatic rings. The van der Waals surface area contributed by atoms with Gasteiger partial charge in [-0.1, -0.05) is 70.6 Å². The Balaban J connectivity index is 1.46. The summed E-state index contributed by atoms with van der Waals surface area (Å²) < 4.78 is 10.9. The van der Waals surface area contributed by atoms with Crippen LogP contribution in [0.15, 0.2) is 70.9 Å². The van der Waals surface area contributed by atoms with Gasteiger partial charge in [0.25, 0.3) is 0 Å². The maximum atomic E-state index is 11.3. The van der Waals surface area contributed by atoms with Gasteiger partial charge in [-0.25, -0.2) is 4.79 Å². The molecule has 0 amide bonds. The van der Waals surface area contributed by atoms with Gasteiger partial charge < -0.3 is 9.47 Å². The molecule has 0 saturated heterocycles. The van der Waals surface area contributed by atoms with E-state index in [1.807, 2.05) is 36.4 Å². The number of aryl methyl sites for hydroxylation is 1. The third-order valence-electron chi connectivity index (χ3n) is 5.60. The van der Waals surface area contributed by atoms with E-state index in [4.69, 9.17) is 9.47 Å². The summed E-state index contributed by atoms with van der Waals surface area (Å²) >= 11 is 0. The smallest absolute Gasteiger partial charge is 0.333 e. The lowest BCUT2D eigenvalue weighted by Gasteiger charge is -2.06. The molecular formula is C29H40N2O3. The molecule has 0 aliphatic heterocycles. The van der Waals surface area contributed by atoms with Crippen LogP contribution in [0.25, 0.3) is 0 Å². The molecular weight excluding hydrogens is 424 g/mol. The van der Waals surface area contributed by atoms with Crippen LogP contribution in [-0.2, 0) is 16.0 Å². The minimum absolute atomic E-state index is 0.281. The summed E-state index contributed by atoms with van der Waals surface area (Å²) in [5, 5.41) is 8.59. The minimum Gasteiger partial charge on any atom is -0.494 e. The van der Waals surface area contributed by atoms with Crippen LogP contribution in [0, 0.1) is 0 Å². The zero-order chi connectivity index (χ0) is 24.4. The normalized spacial score (nSPS) is 11.0. The van der Waals surface area contributed by atoms with E-state index in [0.29, 0.717) is 12.2 Å². The Kier molecular flexibility index (Phi) is 13.4. The van der Waals surface area contributed by atoms with Gasteiger partial charge in [-0.05, 0) is 68.1 Å². The number of unbranched alkanes of at least 4 members (excludes halogenated alkanes) is 8. The monoisotopic (exact) mass is 464 g/mol. The second kappa shape index (κ2) is 16.6. The van der Waals surface area contributed by atoms with Crippen molar-refractivity contribution in [2.24, 2.45) is 10.2 Å². The van der Waals surface area contributed by atoms with Crippen molar-refractivity contribution < 1.29 is 14.3 Å². The van der Waals surface area contributed by atoms with Crippen LogP contribution >= 0.6 is 0 Å². The van der Waals surface area contributed by atoms with E-state index in [1.165, 1.54) is 44.1 Å². The zero-order valence-electron chi connectivity index (χ0n) is 20.9. The number of nitrogens with zero attached hydrogens (tertiary/aromatic N) is 2. The predicted molar refractivity (Wildman–Crippen MR) is 139 cm³/mol. The number of carbonyl (C=O) groups excluding carboxylic acids is 1. The molecule has 0 saturated carbocycles. The van der Waals surface area contributed by atoms with Crippen molar-refractivity contribution >= 4 is 17.3 Å². The first-order valence-electron chi connectivity index (χ1n) is 12.6. The number of carbonyl (C=O) groups is 1. The van der Waals surface area contributed by atoms with Gasteiger partial charge in [0.1, 0.15) is 5.75 Å². The van der Waals surface area contributed by atoms with Gasteiger partial charge in [0.05, 0.1) is 24.6 Å². The Labute approximate surface area is 205 Å². The lowest BCUT2D eigenvalue weighted by atomic mass is 10.1. The van der Waals surface area contributed by atoms with Crippen molar-refractivity contribution in [1.29, 1.82) is 0 Å². The molecule has 2 rings (SSSR count). The molecule has 34 heavy (non-hydrogen) atoms. The van der Waals surface area contributed by atoms with E-state index in [9.17, 15) is 4.79 Å². The van der Waals surface area contributed by atoms with Gasteiger partial charge in [-0.15, -0.1) is 0 Å². The molecule has 0 radical (unpaired) electrons. The number of rotatable bonds is 17. The van der Waals surface area contributed by atoms with Crippen LogP contribution in [-0.4, -0.2) is 19.2 Å². The van der Waals surface area contributed by atoms with E-state index >= 15 is 0 Å². The number of hydrogen-bond donors (Lipinski definition) is 0. The van der Waals surface area contributed by atoms with E-state index in [0.717, 1.165) is 49.4 Å². The molecule has 2 aromatic rings. The van der Waals surface area contributed by atoms with Crippen molar-refractivity contribution in [3.63, 3.8) is 0 Å². The van der Waals surface area contributed by atoms with Crippen LogP contribution in [0.1, 0.15) is 77.2 Å². The molecule has 5 heteroatoms. The number of azo groups is 1. The van der Waals surface area contributed by atoms with Crippen LogP contribution in [0.4, 0.5) is 11.4 Å². The summed E-state index contributed by atoms with van der Waals surface area (Å²) in [7, 11) is 0. The quantitative estimate of drug-likeness (QED) is 0.102. The average Bonchev–Trinajstić information content (AvgIpc) is 2.86. The van der Waals surface area contributed by atoms with Crippen molar-refractivity contribution in [1.82, 2.24) is 0 Å². The van der Waals surface area contributed by atoms with Crippen LogP contribution < -0.4 is 4.74 Å². The third-order valence-corrected chi connectivity index (χ3v) is 5.60. The maximum Gasteiger partial charge on any atom is 0.333 e. The van der Waals surface area contributed by atoms with E-state index < -0.39 is 0 Å². The van der Waals surface area contributed by atoms with E-state index in [2.05, 4.69) is 35.9 Å². The summed E-state index contributed by atoms with van der Waals surface area (Å²) in [6.07, 6.45) is 11.6. The lowest BCUT2D eigenvalue weighted by molar-refractivity contribution is -0.139. The Bertz CT molecular complexity index is 873. The van der Waals surface area contributed by atoms with E-state index in [1.54, 1.807) is 6.92 Å². The van der Waals surface area contributed by atoms with Crippen molar-refractivity contribution in [2.75, 3.05) is 13.2 Å². The summed E-state index contributed by atoms with van der Waals surface area (Å²) in [6.45, 7) is 8.64. The van der Waals surface area contributed by atoms with Gasteiger partial charge in [0.15, 0.2) is 0 Å². The fourth-order valence-corrected chi connectivity index (χ4v) is 3.44. The fraction of sp³-hybridized carbons (Fsp3) is 0.483. The summed E-state index contributed by atoms with van der Waals surface area (Å²) in [5.74, 6) is 0.594. The highest BCUT2D eigenvalue weighted by molar-refractivity contribution is 5.86. The molecule has 0 aliphatic carbocycles. The molecule has 0 fully saturated rings. The Morgan fingerprint density at radius 1 is 0.735 bits per heavy atom. The van der Waals surface area contributed by atoms with E-state index in [-0.39, 0.29) is 5.97 Å². The molecule has 0 bridgehead atoms. The zero-order valence-corrected chi connectivity index (χ0v) is 20.9. The molecule has 0 aromatic heterocycles. The van der Waals surface area contributed by atoms with Crippen molar-refractivity contribution in [3.8, 4) is 5.75 Å². The molecule has 0 unspecified atom stereocenters. The molecule has 5 nitrogen and oxygen atoms in total. The van der Waals surface area contributed by atoms with Crippen LogP contribution in [0.2, 0.25) is 0 Å². The average molecular weight is 465 g/mol. The van der Waals surface area contributed by atoms with Gasteiger partial charge in [-0.3, -0.25) is 0 Å².